The van der Waals surface area contributed by atoms with Crippen molar-refractivity contribution < 1.29 is 4.79 Å². The summed E-state index contributed by atoms with van der Waals surface area (Å²) in [6.07, 6.45) is 2.16. The lowest BCUT2D eigenvalue weighted by atomic mass is 10.1. The first-order valence-corrected chi connectivity index (χ1v) is 5.18. The van der Waals surface area contributed by atoms with Crippen LogP contribution in [0.1, 0.15) is 24.0 Å². The topological polar surface area (TPSA) is 43.1 Å². The predicted molar refractivity (Wildman–Crippen MR) is 58.1 cm³/mol. The number of carbonyl (C=O) groups is 1. The second kappa shape index (κ2) is 5.66. The number of benzene rings is 1. The van der Waals surface area contributed by atoms with E-state index in [2.05, 4.69) is 0 Å². The van der Waals surface area contributed by atoms with Crippen molar-refractivity contribution in [2.24, 2.45) is 5.73 Å². The highest BCUT2D eigenvalue weighted by molar-refractivity contribution is 6.17. The molecule has 2 nitrogen and oxygen atoms in total. The van der Waals surface area contributed by atoms with E-state index in [0.29, 0.717) is 12.3 Å². The van der Waals surface area contributed by atoms with Gasteiger partial charge in [0.05, 0.1) is 0 Å². The Bertz CT molecular complexity index is 295. The Kier molecular flexibility index (Phi) is 4.47. The summed E-state index contributed by atoms with van der Waals surface area (Å²) in [5, 5.41) is 0. The monoisotopic (exact) mass is 211 g/mol. The molecule has 0 unspecified atom stereocenters. The van der Waals surface area contributed by atoms with Gasteiger partial charge in [0.15, 0.2) is 0 Å². The van der Waals surface area contributed by atoms with Gasteiger partial charge in [-0.25, -0.2) is 0 Å². The highest BCUT2D eigenvalue weighted by atomic mass is 35.5. The zero-order chi connectivity index (χ0) is 10.4. The number of hydrogen-bond donors (Lipinski definition) is 1. The molecule has 0 aliphatic carbocycles. The molecule has 0 radical (unpaired) electrons. The molecule has 0 aromatic heterocycles. The fourth-order valence-electron chi connectivity index (χ4n) is 1.26. The molecule has 0 heterocycles. The van der Waals surface area contributed by atoms with E-state index in [9.17, 15) is 4.79 Å². The molecule has 1 aromatic carbocycles. The first kappa shape index (κ1) is 11.1. The largest absolute Gasteiger partial charge is 0.370 e. The van der Waals surface area contributed by atoms with Crippen molar-refractivity contribution in [2.75, 3.05) is 0 Å². The summed E-state index contributed by atoms with van der Waals surface area (Å²) in [6.45, 7) is 0. The van der Waals surface area contributed by atoms with E-state index in [-0.39, 0.29) is 5.91 Å². The molecule has 0 fully saturated rings. The minimum Gasteiger partial charge on any atom is -0.370 e. The van der Waals surface area contributed by atoms with E-state index >= 15 is 0 Å². The highest BCUT2D eigenvalue weighted by Crippen LogP contribution is 2.09. The maximum atomic E-state index is 10.5. The number of alkyl halides is 1. The molecule has 3 heteroatoms. The van der Waals surface area contributed by atoms with Gasteiger partial charge in [-0.05, 0) is 24.0 Å². The number of amides is 1. The van der Waals surface area contributed by atoms with Crippen molar-refractivity contribution in [3.63, 3.8) is 0 Å². The molecular weight excluding hydrogens is 198 g/mol. The van der Waals surface area contributed by atoms with E-state index in [1.165, 1.54) is 5.56 Å². The molecule has 0 aliphatic heterocycles. The van der Waals surface area contributed by atoms with Crippen LogP contribution in [0.2, 0.25) is 0 Å². The van der Waals surface area contributed by atoms with Crippen LogP contribution in [0.3, 0.4) is 0 Å². The Morgan fingerprint density at radius 3 is 2.29 bits per heavy atom. The number of halogens is 1. The third-order valence-corrected chi connectivity index (χ3v) is 2.37. The predicted octanol–water partition coefficient (Wildman–Crippen LogP) is 2.23. The fraction of sp³-hybridized carbons (Fsp3) is 0.364. The summed E-state index contributed by atoms with van der Waals surface area (Å²) in [7, 11) is 0. The van der Waals surface area contributed by atoms with Gasteiger partial charge in [-0.3, -0.25) is 4.79 Å². The molecule has 0 saturated carbocycles. The van der Waals surface area contributed by atoms with Gasteiger partial charge in [0.2, 0.25) is 5.91 Å². The average Bonchev–Trinajstić information content (AvgIpc) is 2.18. The molecule has 1 aromatic rings. The van der Waals surface area contributed by atoms with Gasteiger partial charge in [0.1, 0.15) is 0 Å². The normalized spacial score (nSPS) is 10.1. The summed E-state index contributed by atoms with van der Waals surface area (Å²) < 4.78 is 0. The van der Waals surface area contributed by atoms with Crippen LogP contribution in [0.15, 0.2) is 24.3 Å². The lowest BCUT2D eigenvalue weighted by Crippen LogP contribution is -2.10. The molecule has 0 atom stereocenters. The van der Waals surface area contributed by atoms with Gasteiger partial charge in [0.25, 0.3) is 0 Å². The lowest BCUT2D eigenvalue weighted by Gasteiger charge is -2.01. The standard InChI is InChI=1S/C11H14ClNO/c12-8-10-6-4-9(5-7-10)2-1-3-11(13)14/h4-7H,1-3,8H2,(H2,13,14). The van der Waals surface area contributed by atoms with Crippen LogP contribution in [-0.2, 0) is 17.1 Å². The Morgan fingerprint density at radius 2 is 1.79 bits per heavy atom. The summed E-state index contributed by atoms with van der Waals surface area (Å²) in [5.74, 6) is 0.309. The van der Waals surface area contributed by atoms with Crippen molar-refractivity contribution in [1.82, 2.24) is 0 Å². The number of primary amides is 1. The van der Waals surface area contributed by atoms with Gasteiger partial charge < -0.3 is 5.73 Å². The maximum Gasteiger partial charge on any atom is 0.217 e. The van der Waals surface area contributed by atoms with Gasteiger partial charge in [-0.15, -0.1) is 11.6 Å². The van der Waals surface area contributed by atoms with Crippen molar-refractivity contribution >= 4 is 17.5 Å². The van der Waals surface area contributed by atoms with Crippen molar-refractivity contribution in [2.45, 2.75) is 25.1 Å². The third-order valence-electron chi connectivity index (χ3n) is 2.07. The molecular formula is C11H14ClNO. The minimum atomic E-state index is -0.234. The fourth-order valence-corrected chi connectivity index (χ4v) is 1.44. The Labute approximate surface area is 89.1 Å². The van der Waals surface area contributed by atoms with Crippen LogP contribution in [0.25, 0.3) is 0 Å². The third kappa shape index (κ3) is 3.79. The summed E-state index contributed by atoms with van der Waals surface area (Å²) >= 11 is 5.66. The van der Waals surface area contributed by atoms with Gasteiger partial charge in [0, 0.05) is 12.3 Å². The molecule has 0 aliphatic rings. The van der Waals surface area contributed by atoms with E-state index in [1.807, 2.05) is 24.3 Å². The van der Waals surface area contributed by atoms with E-state index in [0.717, 1.165) is 18.4 Å². The molecule has 1 amide bonds. The quantitative estimate of drug-likeness (QED) is 0.746. The molecule has 0 spiro atoms. The second-order valence-electron chi connectivity index (χ2n) is 3.27. The van der Waals surface area contributed by atoms with E-state index in [4.69, 9.17) is 17.3 Å². The first-order valence-electron chi connectivity index (χ1n) is 4.64. The number of nitrogens with two attached hydrogens (primary N) is 1. The summed E-state index contributed by atoms with van der Waals surface area (Å²) in [4.78, 5) is 10.5. The average molecular weight is 212 g/mol. The Hall–Kier alpha value is -1.02. The van der Waals surface area contributed by atoms with E-state index < -0.39 is 0 Å². The SMILES string of the molecule is NC(=O)CCCc1ccc(CCl)cc1. The maximum absolute atomic E-state index is 10.5. The number of hydrogen-bond acceptors (Lipinski definition) is 1. The first-order chi connectivity index (χ1) is 6.72. The van der Waals surface area contributed by atoms with Crippen LogP contribution in [-0.4, -0.2) is 5.91 Å². The van der Waals surface area contributed by atoms with Gasteiger partial charge in [-0.1, -0.05) is 24.3 Å². The van der Waals surface area contributed by atoms with Gasteiger partial charge in [-0.2, -0.15) is 0 Å². The Morgan fingerprint density at radius 1 is 1.21 bits per heavy atom. The molecule has 0 bridgehead atoms. The minimum absolute atomic E-state index is 0.234. The second-order valence-corrected chi connectivity index (χ2v) is 3.54. The van der Waals surface area contributed by atoms with Crippen LogP contribution < -0.4 is 5.73 Å². The van der Waals surface area contributed by atoms with Crippen LogP contribution in [0, 0.1) is 0 Å². The zero-order valence-electron chi connectivity index (χ0n) is 8.00. The number of rotatable bonds is 5. The lowest BCUT2D eigenvalue weighted by molar-refractivity contribution is -0.118. The summed E-state index contributed by atoms with van der Waals surface area (Å²) in [5.41, 5.74) is 7.38. The highest BCUT2D eigenvalue weighted by Gasteiger charge is 1.97. The number of carbonyl (C=O) groups excluding carboxylic acids is 1. The van der Waals surface area contributed by atoms with Crippen LogP contribution in [0.4, 0.5) is 0 Å². The smallest absolute Gasteiger partial charge is 0.217 e. The molecule has 2 N–H and O–H groups in total. The van der Waals surface area contributed by atoms with Crippen LogP contribution in [0.5, 0.6) is 0 Å². The zero-order valence-corrected chi connectivity index (χ0v) is 8.76. The van der Waals surface area contributed by atoms with Gasteiger partial charge >= 0.3 is 0 Å². The Balaban J connectivity index is 2.40. The molecule has 1 rings (SSSR count). The molecule has 0 saturated heterocycles. The van der Waals surface area contributed by atoms with Crippen molar-refractivity contribution in [3.8, 4) is 0 Å². The summed E-state index contributed by atoms with van der Waals surface area (Å²) in [6, 6.07) is 8.09. The molecule has 76 valence electrons. The van der Waals surface area contributed by atoms with Crippen LogP contribution >= 0.6 is 11.6 Å². The van der Waals surface area contributed by atoms with E-state index in [1.54, 1.807) is 0 Å². The molecule has 14 heavy (non-hydrogen) atoms. The van der Waals surface area contributed by atoms with Crippen molar-refractivity contribution in [1.29, 1.82) is 0 Å². The number of aryl methyl sites for hydroxylation is 1. The van der Waals surface area contributed by atoms with Crippen molar-refractivity contribution in [3.05, 3.63) is 35.4 Å².